The van der Waals surface area contributed by atoms with E-state index < -0.39 is 10.0 Å². The van der Waals surface area contributed by atoms with Crippen molar-refractivity contribution in [1.82, 2.24) is 9.55 Å². The third-order valence-electron chi connectivity index (χ3n) is 3.99. The maximum Gasteiger partial charge on any atom is 0.263 e. The molecule has 0 aliphatic carbocycles. The van der Waals surface area contributed by atoms with Crippen molar-refractivity contribution in [3.63, 3.8) is 0 Å². The van der Waals surface area contributed by atoms with Crippen molar-refractivity contribution in [3.8, 4) is 10.7 Å². The van der Waals surface area contributed by atoms with Crippen LogP contribution >= 0.6 is 22.9 Å². The highest BCUT2D eigenvalue weighted by Crippen LogP contribution is 2.32. The SMILES string of the molecule is Cc1ccc(NS(=O)(=O)c2cc(-c3nc(C)cs3)n(C)c2C)c(Cl)c1. The fraction of sp³-hybridized carbons (Fsp3) is 0.235. The average Bonchev–Trinajstić information content (AvgIpc) is 3.07. The zero-order valence-corrected chi connectivity index (χ0v) is 16.7. The number of nitrogens with one attached hydrogen (secondary N) is 1. The Balaban J connectivity index is 2.03. The highest BCUT2D eigenvalue weighted by molar-refractivity contribution is 7.92. The smallest absolute Gasteiger partial charge is 0.263 e. The molecule has 132 valence electrons. The summed E-state index contributed by atoms with van der Waals surface area (Å²) in [5.41, 5.74) is 3.64. The number of hydrogen-bond donors (Lipinski definition) is 1. The molecule has 0 saturated heterocycles. The fourth-order valence-corrected chi connectivity index (χ4v) is 5.08. The molecule has 2 heterocycles. The molecule has 0 atom stereocenters. The van der Waals surface area contributed by atoms with E-state index in [1.807, 2.05) is 36.9 Å². The fourth-order valence-electron chi connectivity index (χ4n) is 2.52. The summed E-state index contributed by atoms with van der Waals surface area (Å²) in [6.07, 6.45) is 0. The minimum Gasteiger partial charge on any atom is -0.345 e. The van der Waals surface area contributed by atoms with Crippen LogP contribution in [0.15, 0.2) is 34.5 Å². The molecule has 0 radical (unpaired) electrons. The van der Waals surface area contributed by atoms with E-state index in [1.165, 1.54) is 11.3 Å². The third-order valence-corrected chi connectivity index (χ3v) is 6.76. The molecule has 0 spiro atoms. The van der Waals surface area contributed by atoms with Gasteiger partial charge in [0.25, 0.3) is 10.0 Å². The van der Waals surface area contributed by atoms with Gasteiger partial charge >= 0.3 is 0 Å². The summed E-state index contributed by atoms with van der Waals surface area (Å²) in [6, 6.07) is 6.85. The summed E-state index contributed by atoms with van der Waals surface area (Å²) >= 11 is 7.65. The molecule has 2 aromatic heterocycles. The normalized spacial score (nSPS) is 11.7. The molecule has 25 heavy (non-hydrogen) atoms. The molecule has 3 aromatic rings. The minimum absolute atomic E-state index is 0.217. The second kappa shape index (κ2) is 6.48. The molecule has 8 heteroatoms. The van der Waals surface area contributed by atoms with Crippen molar-refractivity contribution in [2.45, 2.75) is 25.7 Å². The zero-order chi connectivity index (χ0) is 18.4. The lowest BCUT2D eigenvalue weighted by Gasteiger charge is -2.10. The van der Waals surface area contributed by atoms with E-state index in [9.17, 15) is 8.42 Å². The Bertz CT molecular complexity index is 1050. The summed E-state index contributed by atoms with van der Waals surface area (Å²) in [4.78, 5) is 4.66. The summed E-state index contributed by atoms with van der Waals surface area (Å²) in [6.45, 7) is 5.58. The molecule has 0 unspecified atom stereocenters. The van der Waals surface area contributed by atoms with Crippen molar-refractivity contribution < 1.29 is 8.42 Å². The van der Waals surface area contributed by atoms with E-state index in [1.54, 1.807) is 25.1 Å². The van der Waals surface area contributed by atoms with Gasteiger partial charge < -0.3 is 4.57 Å². The van der Waals surface area contributed by atoms with Crippen molar-refractivity contribution in [3.05, 3.63) is 51.6 Å². The van der Waals surface area contributed by atoms with Crippen LogP contribution in [-0.4, -0.2) is 18.0 Å². The summed E-state index contributed by atoms with van der Waals surface area (Å²) in [7, 11) is -1.93. The quantitative estimate of drug-likeness (QED) is 0.705. The van der Waals surface area contributed by atoms with Crippen molar-refractivity contribution in [2.24, 2.45) is 7.05 Å². The van der Waals surface area contributed by atoms with Gasteiger partial charge in [-0.2, -0.15) is 0 Å². The largest absolute Gasteiger partial charge is 0.345 e. The number of hydrogen-bond acceptors (Lipinski definition) is 4. The maximum absolute atomic E-state index is 12.9. The number of thiazole rings is 1. The van der Waals surface area contributed by atoms with Gasteiger partial charge in [-0.1, -0.05) is 17.7 Å². The predicted molar refractivity (Wildman–Crippen MR) is 103 cm³/mol. The van der Waals surface area contributed by atoms with Gasteiger partial charge in [-0.3, -0.25) is 4.72 Å². The topological polar surface area (TPSA) is 64.0 Å². The second-order valence-corrected chi connectivity index (χ2v) is 8.84. The van der Waals surface area contributed by atoms with Crippen LogP contribution in [-0.2, 0) is 17.1 Å². The number of rotatable bonds is 4. The van der Waals surface area contributed by atoms with Gasteiger partial charge in [0, 0.05) is 23.8 Å². The Morgan fingerprint density at radius 3 is 2.52 bits per heavy atom. The van der Waals surface area contributed by atoms with Crippen LogP contribution in [0.1, 0.15) is 17.0 Å². The molecule has 0 saturated carbocycles. The molecular formula is C17H18ClN3O2S2. The first kappa shape index (κ1) is 18.0. The van der Waals surface area contributed by atoms with Gasteiger partial charge in [-0.25, -0.2) is 13.4 Å². The van der Waals surface area contributed by atoms with Crippen LogP contribution in [0.25, 0.3) is 10.7 Å². The molecule has 0 aliphatic heterocycles. The van der Waals surface area contributed by atoms with E-state index in [-0.39, 0.29) is 4.90 Å². The van der Waals surface area contributed by atoms with Crippen LogP contribution in [0.4, 0.5) is 5.69 Å². The minimum atomic E-state index is -3.76. The lowest BCUT2D eigenvalue weighted by molar-refractivity contribution is 0.600. The van der Waals surface area contributed by atoms with Crippen molar-refractivity contribution in [1.29, 1.82) is 0 Å². The van der Waals surface area contributed by atoms with E-state index in [0.29, 0.717) is 16.4 Å². The van der Waals surface area contributed by atoms with E-state index in [4.69, 9.17) is 11.6 Å². The summed E-state index contributed by atoms with van der Waals surface area (Å²) in [5, 5.41) is 3.10. The Kier molecular flexibility index (Phi) is 4.66. The average molecular weight is 396 g/mol. The predicted octanol–water partition coefficient (Wildman–Crippen LogP) is 4.53. The molecular weight excluding hydrogens is 378 g/mol. The molecule has 0 fully saturated rings. The lowest BCUT2D eigenvalue weighted by Crippen LogP contribution is -2.14. The number of aromatic nitrogens is 2. The number of halogens is 1. The summed E-state index contributed by atoms with van der Waals surface area (Å²) < 4.78 is 30.1. The molecule has 3 rings (SSSR count). The van der Waals surface area contributed by atoms with Gasteiger partial charge in [0.1, 0.15) is 9.90 Å². The standard InChI is InChI=1S/C17H18ClN3O2S2/c1-10-5-6-14(13(18)7-10)20-25(22,23)16-8-15(21(4)12(16)3)17-19-11(2)9-24-17/h5-9,20H,1-4H3. The number of aryl methyl sites for hydroxylation is 2. The molecule has 0 amide bonds. The van der Waals surface area contributed by atoms with Crippen LogP contribution in [0.2, 0.25) is 5.02 Å². The molecule has 5 nitrogen and oxygen atoms in total. The van der Waals surface area contributed by atoms with Gasteiger partial charge in [0.15, 0.2) is 0 Å². The monoisotopic (exact) mass is 395 g/mol. The second-order valence-electron chi connectivity index (χ2n) is 5.92. The number of benzene rings is 1. The van der Waals surface area contributed by atoms with Crippen LogP contribution in [0, 0.1) is 20.8 Å². The molecule has 1 N–H and O–H groups in total. The number of anilines is 1. The first-order valence-corrected chi connectivity index (χ1v) is 10.3. The molecule has 0 bridgehead atoms. The van der Waals surface area contributed by atoms with Crippen molar-refractivity contribution in [2.75, 3.05) is 4.72 Å². The van der Waals surface area contributed by atoms with Gasteiger partial charge in [0.05, 0.1) is 16.4 Å². The lowest BCUT2D eigenvalue weighted by atomic mass is 10.2. The van der Waals surface area contributed by atoms with Crippen LogP contribution in [0.5, 0.6) is 0 Å². The van der Waals surface area contributed by atoms with Gasteiger partial charge in [-0.05, 0) is 44.5 Å². The molecule has 0 aliphatic rings. The van der Waals surface area contributed by atoms with E-state index >= 15 is 0 Å². The first-order valence-electron chi connectivity index (χ1n) is 7.57. The first-order chi connectivity index (χ1) is 11.7. The highest BCUT2D eigenvalue weighted by Gasteiger charge is 2.24. The van der Waals surface area contributed by atoms with Crippen LogP contribution < -0.4 is 4.72 Å². The number of sulfonamides is 1. The van der Waals surface area contributed by atoms with Gasteiger partial charge in [0.2, 0.25) is 0 Å². The van der Waals surface area contributed by atoms with E-state index in [0.717, 1.165) is 22.0 Å². The number of nitrogens with zero attached hydrogens (tertiary/aromatic N) is 2. The zero-order valence-electron chi connectivity index (χ0n) is 14.3. The highest BCUT2D eigenvalue weighted by atomic mass is 35.5. The van der Waals surface area contributed by atoms with Crippen LogP contribution in [0.3, 0.4) is 0 Å². The Morgan fingerprint density at radius 1 is 1.20 bits per heavy atom. The Labute approximate surface area is 156 Å². The third kappa shape index (κ3) is 3.44. The van der Waals surface area contributed by atoms with Crippen molar-refractivity contribution >= 4 is 38.6 Å². The summed E-state index contributed by atoms with van der Waals surface area (Å²) in [5.74, 6) is 0. The molecule has 1 aromatic carbocycles. The maximum atomic E-state index is 12.9. The van der Waals surface area contributed by atoms with Gasteiger partial charge in [-0.15, -0.1) is 11.3 Å². The Hall–Kier alpha value is -1.83. The Morgan fingerprint density at radius 2 is 1.92 bits per heavy atom. The van der Waals surface area contributed by atoms with E-state index in [2.05, 4.69) is 9.71 Å².